The topological polar surface area (TPSA) is 102 Å². The van der Waals surface area contributed by atoms with E-state index in [9.17, 15) is 9.59 Å². The van der Waals surface area contributed by atoms with Crippen molar-refractivity contribution in [3.63, 3.8) is 0 Å². The van der Waals surface area contributed by atoms with Gasteiger partial charge in [-0.05, 0) is 80.8 Å². The molecule has 2 spiro atoms. The monoisotopic (exact) mass is 612 g/mol. The van der Waals surface area contributed by atoms with Crippen molar-refractivity contribution in [2.45, 2.75) is 69.9 Å². The predicted molar refractivity (Wildman–Crippen MR) is 169 cm³/mol. The molecule has 2 saturated carbocycles. The van der Waals surface area contributed by atoms with Crippen LogP contribution in [-0.4, -0.2) is 86.6 Å². The Kier molecular flexibility index (Phi) is 6.80. The molecule has 4 fully saturated rings. The van der Waals surface area contributed by atoms with Gasteiger partial charge in [0.1, 0.15) is 0 Å². The van der Waals surface area contributed by atoms with Crippen molar-refractivity contribution >= 4 is 35.6 Å². The number of amides is 2. The molecular weight excluding hydrogens is 572 g/mol. The zero-order valence-electron chi connectivity index (χ0n) is 26.0. The largest absolute Gasteiger partial charge is 0.493 e. The van der Waals surface area contributed by atoms with Crippen LogP contribution in [-0.2, 0) is 0 Å². The molecule has 10 heteroatoms. The highest BCUT2D eigenvalue weighted by atomic mass is 16.5. The summed E-state index contributed by atoms with van der Waals surface area (Å²) in [5.74, 6) is 2.33. The Labute approximate surface area is 263 Å². The lowest BCUT2D eigenvalue weighted by Crippen LogP contribution is -2.35. The fraction of sp³-hybridized carbons (Fsp3) is 0.543. The van der Waals surface area contributed by atoms with Crippen LogP contribution in [0.15, 0.2) is 34.3 Å². The summed E-state index contributed by atoms with van der Waals surface area (Å²) in [5.41, 5.74) is 3.06. The lowest BCUT2D eigenvalue weighted by molar-refractivity contribution is 0.0760. The summed E-state index contributed by atoms with van der Waals surface area (Å²) in [6, 6.07) is 7.34. The van der Waals surface area contributed by atoms with Crippen LogP contribution in [0.2, 0.25) is 0 Å². The lowest BCUT2D eigenvalue weighted by Gasteiger charge is -2.21. The van der Waals surface area contributed by atoms with Gasteiger partial charge in [0.2, 0.25) is 0 Å². The number of aliphatic imine (C=N–C) groups is 2. The maximum Gasteiger partial charge on any atom is 0.256 e. The minimum atomic E-state index is 0.0254. The zero-order chi connectivity index (χ0) is 30.8. The zero-order valence-corrected chi connectivity index (χ0v) is 26.0. The van der Waals surface area contributed by atoms with Crippen LogP contribution < -0.4 is 18.9 Å². The van der Waals surface area contributed by atoms with Gasteiger partial charge >= 0.3 is 0 Å². The second-order valence-electron chi connectivity index (χ2n) is 13.8. The average Bonchev–Trinajstić information content (AvgIpc) is 3.93. The van der Waals surface area contributed by atoms with Gasteiger partial charge in [0.15, 0.2) is 23.0 Å². The number of nitrogens with zero attached hydrogens (tertiary/aromatic N) is 4. The third kappa shape index (κ3) is 5.12. The molecule has 4 aliphatic heterocycles. The third-order valence-corrected chi connectivity index (χ3v) is 10.6. The SMILES string of the molecule is COc1cc2c(cc1OCCCCCOc1cc3c(cc1OC)C(=O)N1CC4(CC4)C[C@H]1C=N3)N=C[C@@H]1CC3(CC3)CN1C2=O. The second kappa shape index (κ2) is 10.8. The van der Waals surface area contributed by atoms with E-state index in [1.807, 2.05) is 34.4 Å². The summed E-state index contributed by atoms with van der Waals surface area (Å²) < 4.78 is 23.4. The molecule has 2 saturated heterocycles. The van der Waals surface area contributed by atoms with Crippen LogP contribution in [0.5, 0.6) is 23.0 Å². The van der Waals surface area contributed by atoms with E-state index < -0.39 is 0 Å². The number of ether oxygens (including phenoxy) is 4. The first kappa shape index (κ1) is 28.4. The molecule has 0 bridgehead atoms. The molecular formula is C35H40N4O6. The predicted octanol–water partition coefficient (Wildman–Crippen LogP) is 5.75. The number of carbonyl (C=O) groups excluding carboxylic acids is 2. The first-order valence-corrected chi connectivity index (χ1v) is 16.3. The van der Waals surface area contributed by atoms with E-state index in [0.717, 1.165) is 45.2 Å². The van der Waals surface area contributed by atoms with E-state index in [0.29, 0.717) is 69.5 Å². The third-order valence-electron chi connectivity index (χ3n) is 10.6. The fourth-order valence-corrected chi connectivity index (χ4v) is 7.57. The van der Waals surface area contributed by atoms with Gasteiger partial charge in [-0.3, -0.25) is 19.6 Å². The highest BCUT2D eigenvalue weighted by molar-refractivity contribution is 6.04. The van der Waals surface area contributed by atoms with Crippen molar-refractivity contribution in [1.29, 1.82) is 0 Å². The summed E-state index contributed by atoms with van der Waals surface area (Å²) in [6.45, 7) is 2.64. The Morgan fingerprint density at radius 1 is 0.667 bits per heavy atom. The highest BCUT2D eigenvalue weighted by Crippen LogP contribution is 2.56. The number of methoxy groups -OCH3 is 2. The van der Waals surface area contributed by atoms with Crippen molar-refractivity contribution in [1.82, 2.24) is 9.80 Å². The van der Waals surface area contributed by atoms with E-state index in [1.54, 1.807) is 26.4 Å². The number of hydrogen-bond acceptors (Lipinski definition) is 8. The molecule has 6 aliphatic rings. The normalized spacial score (nSPS) is 24.1. The molecule has 236 valence electrons. The fourth-order valence-electron chi connectivity index (χ4n) is 7.57. The maximum absolute atomic E-state index is 13.4. The molecule has 2 atom stereocenters. The van der Waals surface area contributed by atoms with Crippen molar-refractivity contribution in [2.24, 2.45) is 20.8 Å². The molecule has 0 N–H and O–H groups in total. The first-order chi connectivity index (χ1) is 21.9. The van der Waals surface area contributed by atoms with Crippen molar-refractivity contribution in [3.8, 4) is 23.0 Å². The molecule has 0 aromatic heterocycles. The van der Waals surface area contributed by atoms with E-state index in [-0.39, 0.29) is 23.9 Å². The summed E-state index contributed by atoms with van der Waals surface area (Å²) in [7, 11) is 3.19. The van der Waals surface area contributed by atoms with Gasteiger partial charge in [0, 0.05) is 37.7 Å². The van der Waals surface area contributed by atoms with Crippen molar-refractivity contribution < 1.29 is 28.5 Å². The molecule has 2 aromatic carbocycles. The first-order valence-electron chi connectivity index (χ1n) is 16.3. The number of carbonyl (C=O) groups is 2. The Hall–Kier alpha value is -4.08. The van der Waals surface area contributed by atoms with Gasteiger partial charge in [0.05, 0.1) is 62.0 Å². The molecule has 2 amide bonds. The summed E-state index contributed by atoms with van der Waals surface area (Å²) in [4.78, 5) is 40.1. The number of benzene rings is 2. The van der Waals surface area contributed by atoms with E-state index in [1.165, 1.54) is 25.7 Å². The average molecular weight is 613 g/mol. The van der Waals surface area contributed by atoms with E-state index >= 15 is 0 Å². The molecule has 2 aliphatic carbocycles. The number of hydrogen-bond donors (Lipinski definition) is 0. The number of fused-ring (bicyclic) bond motifs is 4. The van der Waals surface area contributed by atoms with E-state index in [2.05, 4.69) is 0 Å². The summed E-state index contributed by atoms with van der Waals surface area (Å²) in [6.07, 6.45) is 13.2. The summed E-state index contributed by atoms with van der Waals surface area (Å²) in [5, 5.41) is 0. The van der Waals surface area contributed by atoms with Crippen LogP contribution in [0, 0.1) is 10.8 Å². The van der Waals surface area contributed by atoms with Gasteiger partial charge in [-0.1, -0.05) is 0 Å². The van der Waals surface area contributed by atoms with Crippen LogP contribution in [0.1, 0.15) is 78.5 Å². The molecule has 8 rings (SSSR count). The van der Waals surface area contributed by atoms with Gasteiger partial charge in [-0.15, -0.1) is 0 Å². The smallest absolute Gasteiger partial charge is 0.256 e. The minimum Gasteiger partial charge on any atom is -0.493 e. The second-order valence-corrected chi connectivity index (χ2v) is 13.8. The van der Waals surface area contributed by atoms with Crippen LogP contribution in [0.4, 0.5) is 11.4 Å². The quantitative estimate of drug-likeness (QED) is 0.317. The van der Waals surface area contributed by atoms with Crippen molar-refractivity contribution in [3.05, 3.63) is 35.4 Å². The Morgan fingerprint density at radius 2 is 1.11 bits per heavy atom. The Balaban J connectivity index is 0.849. The standard InChI is InChI=1S/C35H40N4O6/c1-42-28-12-24-26(36-18-22-16-34(6-7-34)20-38(22)32(24)40)14-30(28)44-10-4-3-5-11-45-31-15-27-25(13-29(31)43-2)33(41)39-21-35(8-9-35)17-23(39)19-37-27/h12-15,18-19,22-23H,3-11,16-17,20-21H2,1-2H3/t22-,23-/m0/s1. The van der Waals surface area contributed by atoms with Crippen LogP contribution >= 0.6 is 0 Å². The maximum atomic E-state index is 13.4. The molecule has 45 heavy (non-hydrogen) atoms. The Bertz CT molecular complexity index is 1490. The molecule has 0 unspecified atom stereocenters. The van der Waals surface area contributed by atoms with Crippen LogP contribution in [0.3, 0.4) is 0 Å². The molecule has 2 aromatic rings. The van der Waals surface area contributed by atoms with E-state index in [4.69, 9.17) is 28.9 Å². The molecule has 4 heterocycles. The van der Waals surface area contributed by atoms with Gasteiger partial charge in [-0.2, -0.15) is 0 Å². The molecule has 10 nitrogen and oxygen atoms in total. The number of rotatable bonds is 10. The lowest BCUT2D eigenvalue weighted by atomic mass is 10.0. The summed E-state index contributed by atoms with van der Waals surface area (Å²) >= 11 is 0. The van der Waals surface area contributed by atoms with Crippen LogP contribution in [0.25, 0.3) is 0 Å². The Morgan fingerprint density at radius 3 is 1.51 bits per heavy atom. The molecule has 0 radical (unpaired) electrons. The minimum absolute atomic E-state index is 0.0254. The highest BCUT2D eigenvalue weighted by Gasteiger charge is 2.54. The van der Waals surface area contributed by atoms with Gasteiger partial charge in [0.25, 0.3) is 11.8 Å². The van der Waals surface area contributed by atoms with Gasteiger partial charge < -0.3 is 28.7 Å². The number of unbranched alkanes of at least 4 members (excludes halogenated alkanes) is 2. The van der Waals surface area contributed by atoms with Crippen molar-refractivity contribution in [2.75, 3.05) is 40.5 Å². The van der Waals surface area contributed by atoms with Gasteiger partial charge in [-0.25, -0.2) is 0 Å².